The molecule has 0 aromatic carbocycles. The van der Waals surface area contributed by atoms with Crippen molar-refractivity contribution in [2.45, 2.75) is 13.8 Å². The van der Waals surface area contributed by atoms with E-state index in [9.17, 15) is 9.59 Å². The van der Waals surface area contributed by atoms with Crippen LogP contribution in [0, 0.1) is 11.8 Å². The van der Waals surface area contributed by atoms with Crippen LogP contribution in [0.25, 0.3) is 0 Å². The lowest BCUT2D eigenvalue weighted by molar-refractivity contribution is -0.118. The molecule has 1 rings (SSSR count). The molecule has 0 N–H and O–H groups in total. The fraction of sp³-hybridized carbons (Fsp3) is 0.667. The van der Waals surface area contributed by atoms with Crippen molar-refractivity contribution in [3.8, 4) is 0 Å². The molecule has 2 atom stereocenters. The Kier molecular flexibility index (Phi) is 1.62. The lowest BCUT2D eigenvalue weighted by atomic mass is 10.00. The van der Waals surface area contributed by atoms with Gasteiger partial charge in [-0.05, 0) is 11.8 Å². The predicted molar refractivity (Wildman–Crippen MR) is 35.9 cm³/mol. The van der Waals surface area contributed by atoms with Gasteiger partial charge in [-0.25, -0.2) is 0 Å². The van der Waals surface area contributed by atoms with Crippen LogP contribution in [0.1, 0.15) is 13.8 Å². The minimum absolute atomic E-state index is 0.0208. The summed E-state index contributed by atoms with van der Waals surface area (Å²) >= 11 is 0.859. The zero-order valence-electron chi connectivity index (χ0n) is 5.38. The molecule has 1 aliphatic heterocycles. The summed E-state index contributed by atoms with van der Waals surface area (Å²) in [4.78, 5) is 21.5. The molecule has 1 saturated heterocycles. The normalized spacial score (nSPS) is 35.8. The summed E-state index contributed by atoms with van der Waals surface area (Å²) in [7, 11) is 0. The van der Waals surface area contributed by atoms with Crippen LogP contribution in [-0.2, 0) is 9.59 Å². The molecule has 0 saturated carbocycles. The van der Waals surface area contributed by atoms with Crippen molar-refractivity contribution in [1.82, 2.24) is 0 Å². The summed E-state index contributed by atoms with van der Waals surface area (Å²) in [5.74, 6) is -0.134. The number of carbonyl (C=O) groups excluding carboxylic acids is 2. The molecule has 0 amide bonds. The number of hydrogen-bond acceptors (Lipinski definition) is 3. The number of carbonyl (C=O) groups is 2. The number of rotatable bonds is 0. The third-order valence-corrected chi connectivity index (χ3v) is 2.84. The largest absolute Gasteiger partial charge is 0.286 e. The molecule has 0 radical (unpaired) electrons. The van der Waals surface area contributed by atoms with Crippen LogP contribution in [0.5, 0.6) is 0 Å². The molecule has 1 fully saturated rings. The molecule has 1 heterocycles. The summed E-state index contributed by atoms with van der Waals surface area (Å²) in [6.45, 7) is 3.59. The van der Waals surface area contributed by atoms with Gasteiger partial charge in [0.1, 0.15) is 0 Å². The summed E-state index contributed by atoms with van der Waals surface area (Å²) in [6, 6.07) is 0. The molecule has 0 spiro atoms. The van der Waals surface area contributed by atoms with E-state index in [1.54, 1.807) is 13.8 Å². The van der Waals surface area contributed by atoms with Gasteiger partial charge in [0.05, 0.1) is 0 Å². The molecule has 9 heavy (non-hydrogen) atoms. The van der Waals surface area contributed by atoms with E-state index >= 15 is 0 Å². The minimum atomic E-state index is -0.0671. The van der Waals surface area contributed by atoms with E-state index in [0.717, 1.165) is 11.8 Å². The lowest BCUT2D eigenvalue weighted by Crippen LogP contribution is -2.09. The van der Waals surface area contributed by atoms with Gasteiger partial charge in [0.15, 0.2) is 10.2 Å². The van der Waals surface area contributed by atoms with E-state index in [0.29, 0.717) is 0 Å². The first-order valence-electron chi connectivity index (χ1n) is 2.88. The summed E-state index contributed by atoms with van der Waals surface area (Å²) in [6.07, 6.45) is 0. The van der Waals surface area contributed by atoms with Crippen molar-refractivity contribution in [2.24, 2.45) is 11.8 Å². The fourth-order valence-corrected chi connectivity index (χ4v) is 1.67. The first-order valence-corrected chi connectivity index (χ1v) is 3.70. The average molecular weight is 144 g/mol. The Morgan fingerprint density at radius 1 is 1.11 bits per heavy atom. The van der Waals surface area contributed by atoms with E-state index in [-0.39, 0.29) is 22.1 Å². The van der Waals surface area contributed by atoms with Gasteiger partial charge in [-0.3, -0.25) is 9.59 Å². The van der Waals surface area contributed by atoms with Crippen LogP contribution in [0.15, 0.2) is 0 Å². The van der Waals surface area contributed by atoms with Crippen molar-refractivity contribution in [3.63, 3.8) is 0 Å². The highest BCUT2D eigenvalue weighted by Gasteiger charge is 2.35. The smallest absolute Gasteiger partial charge is 0.199 e. The molecule has 0 aromatic rings. The van der Waals surface area contributed by atoms with E-state index in [2.05, 4.69) is 0 Å². The van der Waals surface area contributed by atoms with Gasteiger partial charge in [0.2, 0.25) is 0 Å². The molecular weight excluding hydrogens is 136 g/mol. The summed E-state index contributed by atoms with van der Waals surface area (Å²) < 4.78 is 0. The second-order valence-electron chi connectivity index (χ2n) is 2.32. The van der Waals surface area contributed by atoms with Crippen LogP contribution in [0.4, 0.5) is 0 Å². The maximum absolute atomic E-state index is 10.7. The lowest BCUT2D eigenvalue weighted by Gasteiger charge is -2.00. The van der Waals surface area contributed by atoms with E-state index < -0.39 is 0 Å². The predicted octanol–water partition coefficient (Wildman–Crippen LogP) is 1.06. The SMILES string of the molecule is C[C@@H]1C(=O)SC(=O)[C@H]1C. The molecule has 0 aliphatic carbocycles. The Morgan fingerprint density at radius 2 is 1.44 bits per heavy atom. The summed E-state index contributed by atoms with van der Waals surface area (Å²) in [5.41, 5.74) is 0. The Morgan fingerprint density at radius 3 is 1.56 bits per heavy atom. The van der Waals surface area contributed by atoms with E-state index in [1.807, 2.05) is 0 Å². The highest BCUT2D eigenvalue weighted by atomic mass is 32.2. The van der Waals surface area contributed by atoms with Gasteiger partial charge in [-0.1, -0.05) is 13.8 Å². The fourth-order valence-electron chi connectivity index (χ4n) is 0.693. The second kappa shape index (κ2) is 2.14. The Labute approximate surface area is 58.0 Å². The van der Waals surface area contributed by atoms with Crippen LogP contribution in [-0.4, -0.2) is 10.2 Å². The first-order chi connectivity index (χ1) is 4.13. The van der Waals surface area contributed by atoms with Crippen molar-refractivity contribution >= 4 is 22.0 Å². The molecule has 0 bridgehead atoms. The average Bonchev–Trinajstić information content (AvgIpc) is 1.98. The van der Waals surface area contributed by atoms with Crippen molar-refractivity contribution in [2.75, 3.05) is 0 Å². The molecule has 2 nitrogen and oxygen atoms in total. The van der Waals surface area contributed by atoms with E-state index in [4.69, 9.17) is 0 Å². The standard InChI is InChI=1S/C6H8O2S/c1-3-4(2)6(8)9-5(3)7/h3-4H,1-2H3/t3-,4-/m0/s1. The highest BCUT2D eigenvalue weighted by Crippen LogP contribution is 2.31. The maximum Gasteiger partial charge on any atom is 0.199 e. The van der Waals surface area contributed by atoms with Gasteiger partial charge in [-0.15, -0.1) is 0 Å². The van der Waals surface area contributed by atoms with Crippen molar-refractivity contribution < 1.29 is 9.59 Å². The maximum atomic E-state index is 10.7. The van der Waals surface area contributed by atoms with Gasteiger partial charge in [0, 0.05) is 11.8 Å². The van der Waals surface area contributed by atoms with Crippen molar-refractivity contribution in [1.29, 1.82) is 0 Å². The van der Waals surface area contributed by atoms with Crippen LogP contribution in [0.3, 0.4) is 0 Å². The number of thioether (sulfide) groups is 1. The van der Waals surface area contributed by atoms with Crippen molar-refractivity contribution in [3.05, 3.63) is 0 Å². The molecular formula is C6H8O2S. The second-order valence-corrected chi connectivity index (χ2v) is 3.33. The van der Waals surface area contributed by atoms with Crippen LogP contribution >= 0.6 is 11.8 Å². The molecule has 1 aliphatic rings. The van der Waals surface area contributed by atoms with Gasteiger partial charge < -0.3 is 0 Å². The molecule has 0 unspecified atom stereocenters. The van der Waals surface area contributed by atoms with Gasteiger partial charge in [0.25, 0.3) is 0 Å². The molecule has 50 valence electrons. The van der Waals surface area contributed by atoms with Crippen LogP contribution < -0.4 is 0 Å². The highest BCUT2D eigenvalue weighted by molar-refractivity contribution is 8.26. The van der Waals surface area contributed by atoms with Gasteiger partial charge in [-0.2, -0.15) is 0 Å². The quantitative estimate of drug-likeness (QED) is 0.509. The third-order valence-electron chi connectivity index (χ3n) is 1.69. The van der Waals surface area contributed by atoms with E-state index in [1.165, 1.54) is 0 Å². The molecule has 3 heteroatoms. The Balaban J connectivity index is 2.77. The topological polar surface area (TPSA) is 34.1 Å². The zero-order chi connectivity index (χ0) is 7.02. The minimum Gasteiger partial charge on any atom is -0.286 e. The Bertz CT molecular complexity index is 146. The summed E-state index contributed by atoms with van der Waals surface area (Å²) in [5, 5.41) is 0.0417. The monoisotopic (exact) mass is 144 g/mol. The Hall–Kier alpha value is -0.310. The first kappa shape index (κ1) is 6.81. The third kappa shape index (κ3) is 1.01. The molecule has 0 aromatic heterocycles. The van der Waals surface area contributed by atoms with Gasteiger partial charge >= 0.3 is 0 Å². The van der Waals surface area contributed by atoms with Crippen LogP contribution in [0.2, 0.25) is 0 Å². The number of hydrogen-bond donors (Lipinski definition) is 0. The zero-order valence-corrected chi connectivity index (χ0v) is 6.20.